The molecule has 1 aliphatic rings. The first kappa shape index (κ1) is 11.5. The van der Waals surface area contributed by atoms with Crippen LogP contribution >= 0.6 is 0 Å². The fourth-order valence-electron chi connectivity index (χ4n) is 2.41. The van der Waals surface area contributed by atoms with Gasteiger partial charge in [0.2, 0.25) is 0 Å². The molecule has 1 aliphatic carbocycles. The van der Waals surface area contributed by atoms with Crippen LogP contribution in [-0.2, 0) is 5.60 Å². The smallest absolute Gasteiger partial charge is 0.119 e. The van der Waals surface area contributed by atoms with Crippen molar-refractivity contribution < 1.29 is 9.84 Å². The number of aliphatic hydroxyl groups is 1. The molecule has 0 atom stereocenters. The minimum atomic E-state index is -0.581. The normalized spacial score (nSPS) is 28.6. The van der Waals surface area contributed by atoms with Crippen molar-refractivity contribution in [1.29, 1.82) is 0 Å². The van der Waals surface area contributed by atoms with E-state index < -0.39 is 5.60 Å². The van der Waals surface area contributed by atoms with Gasteiger partial charge in [0.15, 0.2) is 0 Å². The Morgan fingerprint density at radius 2 is 1.94 bits per heavy atom. The van der Waals surface area contributed by atoms with Gasteiger partial charge in [-0.25, -0.2) is 0 Å². The Hall–Kier alpha value is -1.02. The largest absolute Gasteiger partial charge is 0.494 e. The number of rotatable bonds is 4. The van der Waals surface area contributed by atoms with Crippen LogP contribution in [0.15, 0.2) is 24.3 Å². The molecule has 2 rings (SSSR count). The zero-order valence-corrected chi connectivity index (χ0v) is 10.1. The molecule has 1 N–H and O–H groups in total. The summed E-state index contributed by atoms with van der Waals surface area (Å²) in [5.74, 6) is 1.53. The zero-order chi connectivity index (χ0) is 11.6. The molecule has 2 heteroatoms. The van der Waals surface area contributed by atoms with Gasteiger partial charge in [-0.15, -0.1) is 0 Å². The first-order valence-corrected chi connectivity index (χ1v) is 6.10. The quantitative estimate of drug-likeness (QED) is 0.845. The third-order valence-electron chi connectivity index (χ3n) is 3.24. The van der Waals surface area contributed by atoms with Crippen LogP contribution < -0.4 is 4.74 Å². The summed E-state index contributed by atoms with van der Waals surface area (Å²) in [5, 5.41) is 10.3. The summed E-state index contributed by atoms with van der Waals surface area (Å²) in [4.78, 5) is 0. The molecule has 0 saturated heterocycles. The number of hydrogen-bond donors (Lipinski definition) is 1. The number of benzene rings is 1. The summed E-state index contributed by atoms with van der Waals surface area (Å²) >= 11 is 0. The van der Waals surface area contributed by atoms with Gasteiger partial charge in [0.25, 0.3) is 0 Å². The van der Waals surface area contributed by atoms with Crippen molar-refractivity contribution in [3.8, 4) is 5.75 Å². The molecule has 0 unspecified atom stereocenters. The van der Waals surface area contributed by atoms with E-state index in [1.54, 1.807) is 0 Å². The van der Waals surface area contributed by atoms with E-state index >= 15 is 0 Å². The maximum absolute atomic E-state index is 10.3. The molecular formula is C14H20O2. The van der Waals surface area contributed by atoms with Crippen molar-refractivity contribution in [2.24, 2.45) is 5.92 Å². The molecule has 0 bridgehead atoms. The molecule has 1 aromatic rings. The molecule has 1 aromatic carbocycles. The highest BCUT2D eigenvalue weighted by Gasteiger charge is 2.41. The lowest BCUT2D eigenvalue weighted by Gasteiger charge is -2.42. The summed E-state index contributed by atoms with van der Waals surface area (Å²) in [6, 6.07) is 7.87. The highest BCUT2D eigenvalue weighted by Crippen LogP contribution is 2.45. The van der Waals surface area contributed by atoms with E-state index in [4.69, 9.17) is 4.74 Å². The molecule has 0 aromatic heterocycles. The van der Waals surface area contributed by atoms with Crippen LogP contribution in [0.1, 0.15) is 38.7 Å². The van der Waals surface area contributed by atoms with Gasteiger partial charge >= 0.3 is 0 Å². The van der Waals surface area contributed by atoms with E-state index in [2.05, 4.69) is 13.8 Å². The Morgan fingerprint density at radius 1 is 1.31 bits per heavy atom. The molecule has 0 spiro atoms. The van der Waals surface area contributed by atoms with Crippen molar-refractivity contribution in [2.45, 2.75) is 38.7 Å². The van der Waals surface area contributed by atoms with Gasteiger partial charge in [0, 0.05) is 0 Å². The van der Waals surface area contributed by atoms with E-state index in [-0.39, 0.29) is 0 Å². The number of hydrogen-bond acceptors (Lipinski definition) is 2. The van der Waals surface area contributed by atoms with Gasteiger partial charge in [0.1, 0.15) is 5.75 Å². The van der Waals surface area contributed by atoms with E-state index in [0.29, 0.717) is 5.92 Å². The topological polar surface area (TPSA) is 29.5 Å². The zero-order valence-electron chi connectivity index (χ0n) is 10.1. The second-order valence-electron chi connectivity index (χ2n) is 4.92. The molecular weight excluding hydrogens is 200 g/mol. The maximum Gasteiger partial charge on any atom is 0.119 e. The van der Waals surface area contributed by atoms with Crippen molar-refractivity contribution in [3.05, 3.63) is 29.8 Å². The van der Waals surface area contributed by atoms with Gasteiger partial charge in [-0.1, -0.05) is 26.0 Å². The highest BCUT2D eigenvalue weighted by molar-refractivity contribution is 5.32. The summed E-state index contributed by atoms with van der Waals surface area (Å²) in [5.41, 5.74) is 0.442. The lowest BCUT2D eigenvalue weighted by Crippen LogP contribution is -2.39. The van der Waals surface area contributed by atoms with Crippen LogP contribution in [-0.4, -0.2) is 11.7 Å². The predicted octanol–water partition coefficient (Wildman–Crippen LogP) is 3.09. The Labute approximate surface area is 97.3 Å². The first-order valence-electron chi connectivity index (χ1n) is 6.10. The Bertz CT molecular complexity index is 336. The van der Waals surface area contributed by atoms with Gasteiger partial charge in [0.05, 0.1) is 12.2 Å². The summed E-state index contributed by atoms with van der Waals surface area (Å²) in [6.07, 6.45) is 2.77. The minimum absolute atomic E-state index is 0.581. The lowest BCUT2D eigenvalue weighted by molar-refractivity contribution is -0.0738. The Morgan fingerprint density at radius 3 is 2.44 bits per heavy atom. The summed E-state index contributed by atoms with van der Waals surface area (Å²) in [6.45, 7) is 5.01. The third-order valence-corrected chi connectivity index (χ3v) is 3.24. The second-order valence-corrected chi connectivity index (χ2v) is 4.92. The van der Waals surface area contributed by atoms with Crippen molar-refractivity contribution in [2.75, 3.05) is 6.61 Å². The van der Waals surface area contributed by atoms with Crippen LogP contribution in [0.5, 0.6) is 5.75 Å². The van der Waals surface area contributed by atoms with Crippen molar-refractivity contribution >= 4 is 0 Å². The first-order chi connectivity index (χ1) is 7.64. The van der Waals surface area contributed by atoms with Gasteiger partial charge in [-0.2, -0.15) is 0 Å². The van der Waals surface area contributed by atoms with Gasteiger partial charge in [-0.05, 0) is 42.9 Å². The summed E-state index contributed by atoms with van der Waals surface area (Å²) in [7, 11) is 0. The van der Waals surface area contributed by atoms with E-state index in [1.807, 2.05) is 24.3 Å². The SMILES string of the molecule is CCCOc1ccc(C2(O)CC(C)C2)cc1. The van der Waals surface area contributed by atoms with Crippen molar-refractivity contribution in [1.82, 2.24) is 0 Å². The third kappa shape index (κ3) is 2.22. The van der Waals surface area contributed by atoms with Gasteiger partial charge < -0.3 is 9.84 Å². The molecule has 0 aliphatic heterocycles. The maximum atomic E-state index is 10.3. The van der Waals surface area contributed by atoms with Crippen LogP contribution in [0.2, 0.25) is 0 Å². The Kier molecular flexibility index (Phi) is 3.20. The fraction of sp³-hybridized carbons (Fsp3) is 0.571. The average Bonchev–Trinajstić information content (AvgIpc) is 2.25. The second kappa shape index (κ2) is 4.46. The Balaban J connectivity index is 2.02. The fourth-order valence-corrected chi connectivity index (χ4v) is 2.41. The molecule has 16 heavy (non-hydrogen) atoms. The molecule has 0 amide bonds. The van der Waals surface area contributed by atoms with E-state index in [9.17, 15) is 5.11 Å². The van der Waals surface area contributed by atoms with E-state index in [1.165, 1.54) is 0 Å². The lowest BCUT2D eigenvalue weighted by atomic mass is 9.68. The molecule has 1 saturated carbocycles. The van der Waals surface area contributed by atoms with Crippen LogP contribution in [0.4, 0.5) is 0 Å². The molecule has 1 fully saturated rings. The molecule has 2 nitrogen and oxygen atoms in total. The highest BCUT2D eigenvalue weighted by atomic mass is 16.5. The van der Waals surface area contributed by atoms with Crippen molar-refractivity contribution in [3.63, 3.8) is 0 Å². The molecule has 0 heterocycles. The predicted molar refractivity (Wildman–Crippen MR) is 64.5 cm³/mol. The standard InChI is InChI=1S/C14H20O2/c1-3-8-16-13-6-4-12(5-7-13)14(15)9-11(2)10-14/h4-7,11,15H,3,8-10H2,1-2H3. The van der Waals surface area contributed by atoms with Gasteiger partial charge in [-0.3, -0.25) is 0 Å². The minimum Gasteiger partial charge on any atom is -0.494 e. The van der Waals surface area contributed by atoms with E-state index in [0.717, 1.165) is 37.2 Å². The van der Waals surface area contributed by atoms with Crippen LogP contribution in [0.25, 0.3) is 0 Å². The monoisotopic (exact) mass is 220 g/mol. The average molecular weight is 220 g/mol. The van der Waals surface area contributed by atoms with Crippen LogP contribution in [0, 0.1) is 5.92 Å². The summed E-state index contributed by atoms with van der Waals surface area (Å²) < 4.78 is 5.51. The molecule has 88 valence electrons. The number of ether oxygens (including phenoxy) is 1. The van der Waals surface area contributed by atoms with Crippen LogP contribution in [0.3, 0.4) is 0 Å². The molecule has 0 radical (unpaired) electrons.